The average Bonchev–Trinajstić information content (AvgIpc) is 2.50. The average molecular weight is 276 g/mol. The zero-order valence-electron chi connectivity index (χ0n) is 12.2. The van der Waals surface area contributed by atoms with E-state index >= 15 is 0 Å². The van der Waals surface area contributed by atoms with Crippen LogP contribution in [0.1, 0.15) is 37.7 Å². The highest BCUT2D eigenvalue weighted by atomic mass is 16.5. The third-order valence-electron chi connectivity index (χ3n) is 2.94. The third kappa shape index (κ3) is 8.48. The topological polar surface area (TPSA) is 35.5 Å². The maximum atomic E-state index is 10.9. The smallest absolute Gasteiger partial charge is 0.305 e. The number of carbonyl (C=O) groups excluding carboxylic acids is 1. The Morgan fingerprint density at radius 2 is 1.85 bits per heavy atom. The summed E-state index contributed by atoms with van der Waals surface area (Å²) in [6, 6.07) is 10.2. The van der Waals surface area contributed by atoms with Crippen LogP contribution in [0.25, 0.3) is 0 Å². The van der Waals surface area contributed by atoms with Crippen molar-refractivity contribution in [1.29, 1.82) is 0 Å². The second-order valence-electron chi connectivity index (χ2n) is 4.62. The predicted molar refractivity (Wildman–Crippen MR) is 80.3 cm³/mol. The molecule has 0 unspecified atom stereocenters. The van der Waals surface area contributed by atoms with Gasteiger partial charge in [0.2, 0.25) is 0 Å². The fourth-order valence-corrected chi connectivity index (χ4v) is 1.78. The first-order valence-corrected chi connectivity index (χ1v) is 7.16. The van der Waals surface area contributed by atoms with E-state index in [1.807, 2.05) is 18.2 Å². The van der Waals surface area contributed by atoms with Crippen molar-refractivity contribution in [2.75, 3.05) is 13.7 Å². The van der Waals surface area contributed by atoms with Crippen LogP contribution >= 0.6 is 0 Å². The number of hydrogen-bond acceptors (Lipinski definition) is 3. The first-order valence-electron chi connectivity index (χ1n) is 7.16. The van der Waals surface area contributed by atoms with Crippen molar-refractivity contribution in [1.82, 2.24) is 0 Å². The number of carbonyl (C=O) groups is 1. The van der Waals surface area contributed by atoms with Gasteiger partial charge in [0.25, 0.3) is 0 Å². The molecule has 0 saturated carbocycles. The maximum Gasteiger partial charge on any atom is 0.305 e. The van der Waals surface area contributed by atoms with Gasteiger partial charge in [-0.15, -0.1) is 0 Å². The Morgan fingerprint density at radius 1 is 1.10 bits per heavy atom. The first-order chi connectivity index (χ1) is 9.83. The van der Waals surface area contributed by atoms with E-state index < -0.39 is 0 Å². The Kier molecular flexibility index (Phi) is 9.24. The van der Waals surface area contributed by atoms with Crippen molar-refractivity contribution >= 4 is 5.97 Å². The third-order valence-corrected chi connectivity index (χ3v) is 2.94. The SMILES string of the molecule is COC(=O)CCCC/C=C/CCOCc1ccccc1. The van der Waals surface area contributed by atoms with Crippen LogP contribution < -0.4 is 0 Å². The highest BCUT2D eigenvalue weighted by Crippen LogP contribution is 2.03. The molecule has 0 atom stereocenters. The van der Waals surface area contributed by atoms with Crippen LogP contribution in [0.4, 0.5) is 0 Å². The molecule has 3 nitrogen and oxygen atoms in total. The van der Waals surface area contributed by atoms with Crippen LogP contribution in [-0.4, -0.2) is 19.7 Å². The second-order valence-corrected chi connectivity index (χ2v) is 4.62. The molecule has 0 spiro atoms. The standard InChI is InChI=1S/C17H24O3/c1-19-17(18)13-9-4-2-3-5-10-14-20-15-16-11-7-6-8-12-16/h3,5-8,11-12H,2,4,9-10,13-15H2,1H3/b5-3+. The van der Waals surface area contributed by atoms with Crippen molar-refractivity contribution in [2.24, 2.45) is 0 Å². The van der Waals surface area contributed by atoms with E-state index in [4.69, 9.17) is 4.74 Å². The molecule has 0 aliphatic carbocycles. The van der Waals surface area contributed by atoms with Gasteiger partial charge in [-0.25, -0.2) is 0 Å². The van der Waals surface area contributed by atoms with Gasteiger partial charge in [-0.05, 0) is 31.2 Å². The lowest BCUT2D eigenvalue weighted by Gasteiger charge is -2.02. The summed E-state index contributed by atoms with van der Waals surface area (Å²) in [6.07, 6.45) is 8.67. The monoisotopic (exact) mass is 276 g/mol. The van der Waals surface area contributed by atoms with E-state index in [2.05, 4.69) is 29.0 Å². The molecule has 0 aliphatic rings. The predicted octanol–water partition coefficient (Wildman–Crippen LogP) is 3.88. The molecule has 110 valence electrons. The van der Waals surface area contributed by atoms with Crippen LogP contribution in [0.15, 0.2) is 42.5 Å². The van der Waals surface area contributed by atoms with E-state index in [0.29, 0.717) is 13.0 Å². The fraction of sp³-hybridized carbons (Fsp3) is 0.471. The molecule has 0 saturated heterocycles. The van der Waals surface area contributed by atoms with Crippen molar-refractivity contribution in [3.05, 3.63) is 48.0 Å². The minimum atomic E-state index is -0.122. The quantitative estimate of drug-likeness (QED) is 0.369. The molecule has 0 fully saturated rings. The number of esters is 1. The molecular formula is C17H24O3. The van der Waals surface area contributed by atoms with Crippen molar-refractivity contribution in [2.45, 2.75) is 38.7 Å². The molecule has 0 aliphatic heterocycles. The summed E-state index contributed by atoms with van der Waals surface area (Å²) in [5.74, 6) is -0.122. The number of hydrogen-bond donors (Lipinski definition) is 0. The number of unbranched alkanes of at least 4 members (excludes halogenated alkanes) is 2. The minimum Gasteiger partial charge on any atom is -0.469 e. The Hall–Kier alpha value is -1.61. The number of rotatable bonds is 10. The van der Waals surface area contributed by atoms with E-state index in [1.165, 1.54) is 12.7 Å². The fourth-order valence-electron chi connectivity index (χ4n) is 1.78. The van der Waals surface area contributed by atoms with E-state index in [9.17, 15) is 4.79 Å². The molecule has 20 heavy (non-hydrogen) atoms. The molecular weight excluding hydrogens is 252 g/mol. The Bertz CT molecular complexity index is 384. The van der Waals surface area contributed by atoms with Crippen LogP contribution in [0.2, 0.25) is 0 Å². The highest BCUT2D eigenvalue weighted by molar-refractivity contribution is 5.68. The lowest BCUT2D eigenvalue weighted by atomic mass is 10.2. The van der Waals surface area contributed by atoms with Gasteiger partial charge in [0.15, 0.2) is 0 Å². The maximum absolute atomic E-state index is 10.9. The number of methoxy groups -OCH3 is 1. The van der Waals surface area contributed by atoms with E-state index in [1.54, 1.807) is 0 Å². The summed E-state index contributed by atoms with van der Waals surface area (Å²) in [7, 11) is 1.43. The molecule has 1 rings (SSSR count). The number of benzene rings is 1. The van der Waals surface area contributed by atoms with Crippen LogP contribution in [-0.2, 0) is 20.9 Å². The molecule has 1 aromatic carbocycles. The van der Waals surface area contributed by atoms with Gasteiger partial charge < -0.3 is 9.47 Å². The Morgan fingerprint density at radius 3 is 2.60 bits per heavy atom. The molecule has 1 aromatic rings. The van der Waals surface area contributed by atoms with E-state index in [0.717, 1.165) is 32.3 Å². The largest absolute Gasteiger partial charge is 0.469 e. The van der Waals surface area contributed by atoms with Crippen LogP contribution in [0, 0.1) is 0 Å². The summed E-state index contributed by atoms with van der Waals surface area (Å²) in [4.78, 5) is 10.9. The van der Waals surface area contributed by atoms with E-state index in [-0.39, 0.29) is 5.97 Å². The van der Waals surface area contributed by atoms with Gasteiger partial charge in [-0.3, -0.25) is 4.79 Å². The zero-order chi connectivity index (χ0) is 14.5. The highest BCUT2D eigenvalue weighted by Gasteiger charge is 1.97. The van der Waals surface area contributed by atoms with Crippen molar-refractivity contribution < 1.29 is 14.3 Å². The molecule has 0 heterocycles. The molecule has 0 radical (unpaired) electrons. The molecule has 0 bridgehead atoms. The summed E-state index contributed by atoms with van der Waals surface area (Å²) in [5.41, 5.74) is 1.21. The second kappa shape index (κ2) is 11.2. The zero-order valence-corrected chi connectivity index (χ0v) is 12.2. The van der Waals surface area contributed by atoms with Crippen LogP contribution in [0.5, 0.6) is 0 Å². The van der Waals surface area contributed by atoms with Gasteiger partial charge in [-0.1, -0.05) is 42.5 Å². The summed E-state index contributed by atoms with van der Waals surface area (Å²) in [5, 5.41) is 0. The van der Waals surface area contributed by atoms with Crippen molar-refractivity contribution in [3.63, 3.8) is 0 Å². The minimum absolute atomic E-state index is 0.122. The van der Waals surface area contributed by atoms with Gasteiger partial charge in [0.05, 0.1) is 20.3 Å². The first kappa shape index (κ1) is 16.4. The van der Waals surface area contributed by atoms with Gasteiger partial charge in [0, 0.05) is 6.42 Å². The Balaban J connectivity index is 1.91. The lowest BCUT2D eigenvalue weighted by molar-refractivity contribution is -0.140. The molecule has 0 aromatic heterocycles. The Labute approximate surface area is 121 Å². The summed E-state index contributed by atoms with van der Waals surface area (Å²) < 4.78 is 10.2. The molecule has 3 heteroatoms. The van der Waals surface area contributed by atoms with Crippen LogP contribution in [0.3, 0.4) is 0 Å². The molecule has 0 N–H and O–H groups in total. The van der Waals surface area contributed by atoms with Gasteiger partial charge in [-0.2, -0.15) is 0 Å². The van der Waals surface area contributed by atoms with Gasteiger partial charge in [0.1, 0.15) is 0 Å². The summed E-state index contributed by atoms with van der Waals surface area (Å²) in [6.45, 7) is 1.42. The summed E-state index contributed by atoms with van der Waals surface area (Å²) >= 11 is 0. The number of allylic oxidation sites excluding steroid dienone is 1. The van der Waals surface area contributed by atoms with Crippen molar-refractivity contribution in [3.8, 4) is 0 Å². The molecule has 0 amide bonds. The normalized spacial score (nSPS) is 10.8. The van der Waals surface area contributed by atoms with Gasteiger partial charge >= 0.3 is 5.97 Å². The lowest BCUT2D eigenvalue weighted by Crippen LogP contribution is -1.98. The number of ether oxygens (including phenoxy) is 2.